The Morgan fingerprint density at radius 1 is 1.22 bits per heavy atom. The van der Waals surface area contributed by atoms with Gasteiger partial charge in [-0.2, -0.15) is 22.6 Å². The molecular formula is C24H33F3N4O5S. The number of piperidine rings is 1. The zero-order valence-corrected chi connectivity index (χ0v) is 21.9. The minimum Gasteiger partial charge on any atom is -0.492 e. The van der Waals surface area contributed by atoms with E-state index in [2.05, 4.69) is 30.0 Å². The molecule has 206 valence electrons. The van der Waals surface area contributed by atoms with E-state index in [0.29, 0.717) is 25.4 Å². The van der Waals surface area contributed by atoms with Crippen LogP contribution in [0.15, 0.2) is 41.6 Å². The molecule has 0 radical (unpaired) electrons. The third-order valence-electron chi connectivity index (χ3n) is 6.41. The molecule has 1 N–H and O–H groups in total. The number of alkyl halides is 3. The lowest BCUT2D eigenvalue weighted by molar-refractivity contribution is -0.192. The van der Waals surface area contributed by atoms with Gasteiger partial charge in [0.15, 0.2) is 0 Å². The standard InChI is InChI=1S/C22H32N4O3S.C2HF3O2/c1-18(2)13-26-16-22(17-29-20-6-4-5-7-21(20)30(26,27)28)8-10-25(11-9-22)15-19-12-23-24(3)14-19;3-2(4,5)1(6)7/h4-7,12,14,18H,8-11,13,15-17H2,1-3H3;(H,6,7). The second-order valence-corrected chi connectivity index (χ2v) is 11.9. The number of ether oxygens (including phenoxy) is 1. The van der Waals surface area contributed by atoms with E-state index in [9.17, 15) is 21.6 Å². The normalized spacial score (nSPS) is 19.8. The first-order chi connectivity index (χ1) is 17.2. The molecule has 2 aromatic rings. The molecule has 1 fully saturated rings. The van der Waals surface area contributed by atoms with E-state index in [4.69, 9.17) is 14.6 Å². The van der Waals surface area contributed by atoms with Gasteiger partial charge in [-0.15, -0.1) is 0 Å². The Morgan fingerprint density at radius 2 is 1.84 bits per heavy atom. The van der Waals surface area contributed by atoms with Crippen LogP contribution in [0, 0.1) is 11.3 Å². The molecule has 0 atom stereocenters. The maximum Gasteiger partial charge on any atom is 0.490 e. The van der Waals surface area contributed by atoms with Gasteiger partial charge in [-0.05, 0) is 44.0 Å². The molecule has 1 saturated heterocycles. The maximum atomic E-state index is 13.5. The largest absolute Gasteiger partial charge is 0.492 e. The molecule has 4 rings (SSSR count). The van der Waals surface area contributed by atoms with Gasteiger partial charge in [-0.3, -0.25) is 9.58 Å². The van der Waals surface area contributed by atoms with Gasteiger partial charge >= 0.3 is 12.1 Å². The number of aryl methyl sites for hydroxylation is 1. The summed E-state index contributed by atoms with van der Waals surface area (Å²) in [5, 5.41) is 11.4. The predicted octanol–water partition coefficient (Wildman–Crippen LogP) is 3.37. The van der Waals surface area contributed by atoms with E-state index in [1.165, 1.54) is 5.56 Å². The third-order valence-corrected chi connectivity index (χ3v) is 8.26. The summed E-state index contributed by atoms with van der Waals surface area (Å²) in [5.41, 5.74) is 1.04. The number of carboxylic acid groups (broad SMARTS) is 1. The van der Waals surface area contributed by atoms with Crippen molar-refractivity contribution < 1.29 is 36.2 Å². The van der Waals surface area contributed by atoms with Crippen molar-refractivity contribution in [2.45, 2.75) is 44.3 Å². The van der Waals surface area contributed by atoms with Gasteiger partial charge in [0.25, 0.3) is 0 Å². The maximum absolute atomic E-state index is 13.5. The molecule has 1 aromatic carbocycles. The molecule has 0 amide bonds. The number of hydrogen-bond acceptors (Lipinski definition) is 6. The quantitative estimate of drug-likeness (QED) is 0.627. The fourth-order valence-electron chi connectivity index (χ4n) is 4.53. The Balaban J connectivity index is 0.000000479. The lowest BCUT2D eigenvalue weighted by Crippen LogP contribution is -2.52. The minimum atomic E-state index is -5.08. The SMILES string of the molecule is CC(C)CN1CC2(CCN(Cc3cnn(C)c3)CC2)COc2ccccc2S1(=O)=O.O=C(O)C(F)(F)F. The van der Waals surface area contributed by atoms with Crippen LogP contribution in [0.1, 0.15) is 32.3 Å². The number of carbonyl (C=O) groups is 1. The van der Waals surface area contributed by atoms with Crippen molar-refractivity contribution in [1.29, 1.82) is 0 Å². The molecule has 2 aliphatic heterocycles. The smallest absolute Gasteiger partial charge is 0.490 e. The Bertz CT molecular complexity index is 1180. The number of sulfonamides is 1. The van der Waals surface area contributed by atoms with Crippen molar-refractivity contribution in [3.63, 3.8) is 0 Å². The van der Waals surface area contributed by atoms with Gasteiger partial charge in [0.1, 0.15) is 10.6 Å². The highest BCUT2D eigenvalue weighted by Gasteiger charge is 2.43. The van der Waals surface area contributed by atoms with E-state index >= 15 is 0 Å². The number of para-hydroxylation sites is 1. The fourth-order valence-corrected chi connectivity index (χ4v) is 6.37. The minimum absolute atomic E-state index is 0.166. The van der Waals surface area contributed by atoms with Crippen LogP contribution in [-0.2, 0) is 28.4 Å². The molecule has 1 aromatic heterocycles. The van der Waals surface area contributed by atoms with Crippen LogP contribution in [0.5, 0.6) is 5.75 Å². The molecule has 37 heavy (non-hydrogen) atoms. The van der Waals surface area contributed by atoms with E-state index in [1.807, 2.05) is 24.0 Å². The first-order valence-corrected chi connectivity index (χ1v) is 13.4. The zero-order valence-electron chi connectivity index (χ0n) is 21.1. The number of carboxylic acids is 1. The number of halogens is 3. The fraction of sp³-hybridized carbons (Fsp3) is 0.583. The number of hydrogen-bond donors (Lipinski definition) is 1. The van der Waals surface area contributed by atoms with Gasteiger partial charge in [0.05, 0.1) is 12.8 Å². The molecule has 3 heterocycles. The number of fused-ring (bicyclic) bond motifs is 1. The van der Waals surface area contributed by atoms with Crippen molar-refractivity contribution in [1.82, 2.24) is 19.0 Å². The van der Waals surface area contributed by atoms with Crippen LogP contribution < -0.4 is 4.74 Å². The second kappa shape index (κ2) is 11.4. The number of likely N-dealkylation sites (tertiary alicyclic amines) is 1. The number of aliphatic carboxylic acids is 1. The zero-order chi connectivity index (χ0) is 27.4. The summed E-state index contributed by atoms with van der Waals surface area (Å²) >= 11 is 0. The second-order valence-electron chi connectivity index (χ2n) is 10.0. The lowest BCUT2D eigenvalue weighted by Gasteiger charge is -2.45. The molecule has 0 aliphatic carbocycles. The molecule has 0 bridgehead atoms. The van der Waals surface area contributed by atoms with Gasteiger partial charge < -0.3 is 9.84 Å². The van der Waals surface area contributed by atoms with E-state index in [-0.39, 0.29) is 16.2 Å². The number of rotatable bonds is 4. The number of aromatic nitrogens is 2. The van der Waals surface area contributed by atoms with Gasteiger partial charge in [-0.1, -0.05) is 26.0 Å². The Kier molecular flexibility index (Phi) is 8.91. The summed E-state index contributed by atoms with van der Waals surface area (Å²) in [6.45, 7) is 8.46. The monoisotopic (exact) mass is 546 g/mol. The highest BCUT2D eigenvalue weighted by atomic mass is 32.2. The highest BCUT2D eigenvalue weighted by molar-refractivity contribution is 7.89. The van der Waals surface area contributed by atoms with Crippen LogP contribution in [0.2, 0.25) is 0 Å². The molecule has 2 aliphatic rings. The molecule has 13 heteroatoms. The van der Waals surface area contributed by atoms with Crippen molar-refractivity contribution in [2.75, 3.05) is 32.8 Å². The summed E-state index contributed by atoms with van der Waals surface area (Å²) in [7, 11) is -1.66. The van der Waals surface area contributed by atoms with Crippen LogP contribution in [0.25, 0.3) is 0 Å². The molecule has 0 saturated carbocycles. The van der Waals surface area contributed by atoms with Crippen LogP contribution in [0.4, 0.5) is 13.2 Å². The Morgan fingerprint density at radius 3 is 2.38 bits per heavy atom. The summed E-state index contributed by atoms with van der Waals surface area (Å²) in [6, 6.07) is 7.04. The van der Waals surface area contributed by atoms with Crippen molar-refractivity contribution in [2.24, 2.45) is 18.4 Å². The first kappa shape index (κ1) is 28.9. The van der Waals surface area contributed by atoms with E-state index in [1.54, 1.807) is 22.5 Å². The van der Waals surface area contributed by atoms with Crippen LogP contribution in [-0.4, -0.2) is 77.4 Å². The Hall–Kier alpha value is -2.64. The summed E-state index contributed by atoms with van der Waals surface area (Å²) < 4.78 is 68.3. The topological polar surface area (TPSA) is 105 Å². The van der Waals surface area contributed by atoms with Crippen LogP contribution >= 0.6 is 0 Å². The first-order valence-electron chi connectivity index (χ1n) is 11.9. The molecule has 9 nitrogen and oxygen atoms in total. The van der Waals surface area contributed by atoms with Crippen molar-refractivity contribution >= 4 is 16.0 Å². The van der Waals surface area contributed by atoms with Gasteiger partial charge in [-0.25, -0.2) is 13.2 Å². The molecule has 0 unspecified atom stereocenters. The number of nitrogens with zero attached hydrogens (tertiary/aromatic N) is 4. The summed E-state index contributed by atoms with van der Waals surface area (Å²) in [6.07, 6.45) is 0.716. The summed E-state index contributed by atoms with van der Waals surface area (Å²) in [5.74, 6) is -2.02. The van der Waals surface area contributed by atoms with E-state index < -0.39 is 22.2 Å². The predicted molar refractivity (Wildman–Crippen MR) is 129 cm³/mol. The third kappa shape index (κ3) is 7.45. The average molecular weight is 547 g/mol. The number of benzene rings is 1. The Labute approximate surface area is 214 Å². The average Bonchev–Trinajstić information content (AvgIpc) is 3.22. The van der Waals surface area contributed by atoms with Gasteiger partial charge in [0.2, 0.25) is 10.0 Å². The van der Waals surface area contributed by atoms with Crippen molar-refractivity contribution in [3.05, 3.63) is 42.2 Å². The van der Waals surface area contributed by atoms with Gasteiger partial charge in [0, 0.05) is 43.9 Å². The molecular weight excluding hydrogens is 513 g/mol. The van der Waals surface area contributed by atoms with Crippen LogP contribution in [0.3, 0.4) is 0 Å². The van der Waals surface area contributed by atoms with E-state index in [0.717, 1.165) is 32.5 Å². The summed E-state index contributed by atoms with van der Waals surface area (Å²) in [4.78, 5) is 11.6. The van der Waals surface area contributed by atoms with Crippen molar-refractivity contribution in [3.8, 4) is 5.75 Å². The highest BCUT2D eigenvalue weighted by Crippen LogP contribution is 2.39. The molecule has 1 spiro atoms. The lowest BCUT2D eigenvalue weighted by atomic mass is 9.78.